The number of Topliss-reactive ketones (excluding diaryl/α,β-unsaturated/α-hetero) is 2. The van der Waals surface area contributed by atoms with Crippen molar-refractivity contribution in [2.45, 2.75) is 58.0 Å². The van der Waals surface area contributed by atoms with Crippen LogP contribution in [0.3, 0.4) is 0 Å². The van der Waals surface area contributed by atoms with Gasteiger partial charge in [0, 0.05) is 6.42 Å². The monoisotopic (exact) mass is 346 g/mol. The largest absolute Gasteiger partial charge is 0.455 e. The maximum Gasteiger partial charge on any atom is 0.383 e. The highest BCUT2D eigenvalue weighted by atomic mass is 16.5. The van der Waals surface area contributed by atoms with E-state index in [-0.39, 0.29) is 23.9 Å². The Labute approximate surface area is 148 Å². The van der Waals surface area contributed by atoms with Gasteiger partial charge in [-0.25, -0.2) is 4.79 Å². The van der Waals surface area contributed by atoms with E-state index in [9.17, 15) is 14.4 Å². The molecule has 0 amide bonds. The molecule has 0 heterocycles. The first kappa shape index (κ1) is 19.3. The molecule has 1 aromatic rings. The number of hydrogen-bond acceptors (Lipinski definition) is 4. The number of carbonyl (C=O) groups excluding carboxylic acids is 3. The van der Waals surface area contributed by atoms with E-state index in [4.69, 9.17) is 4.74 Å². The third-order valence-electron chi connectivity index (χ3n) is 5.78. The van der Waals surface area contributed by atoms with Crippen LogP contribution in [0, 0.1) is 11.3 Å². The van der Waals surface area contributed by atoms with E-state index < -0.39 is 17.5 Å². The van der Waals surface area contributed by atoms with E-state index in [0.717, 1.165) is 37.2 Å². The molecule has 0 aromatic heterocycles. The maximum absolute atomic E-state index is 12.1. The van der Waals surface area contributed by atoms with Gasteiger partial charge in [-0.15, -0.1) is 0 Å². The van der Waals surface area contributed by atoms with E-state index in [2.05, 4.69) is 0 Å². The third-order valence-corrected chi connectivity index (χ3v) is 5.78. The number of rotatable bonds is 7. The number of ketones is 2. The van der Waals surface area contributed by atoms with Gasteiger partial charge in [0.25, 0.3) is 0 Å². The Hall–Kier alpha value is -2.01. The summed E-state index contributed by atoms with van der Waals surface area (Å²) < 4.78 is 4.95. The van der Waals surface area contributed by atoms with Crippen LogP contribution < -0.4 is 0 Å². The first-order chi connectivity index (χ1) is 11.6. The van der Waals surface area contributed by atoms with E-state index in [1.807, 2.05) is 18.2 Å². The van der Waals surface area contributed by atoms with Gasteiger partial charge in [-0.05, 0) is 61.8 Å². The molecule has 136 valence electrons. The Morgan fingerprint density at radius 2 is 1.60 bits per heavy atom. The highest BCUT2D eigenvalue weighted by Gasteiger charge is 2.40. The van der Waals surface area contributed by atoms with Gasteiger partial charge in [0.2, 0.25) is 5.78 Å². The first-order valence-corrected chi connectivity index (χ1v) is 8.86. The lowest BCUT2D eigenvalue weighted by atomic mass is 9.59. The van der Waals surface area contributed by atoms with Gasteiger partial charge in [0.15, 0.2) is 0 Å². The number of carbonyl (C=O) groups is 3. The zero-order chi connectivity index (χ0) is 17.0. The molecule has 4 rings (SSSR count). The quantitative estimate of drug-likeness (QED) is 0.431. The minimum atomic E-state index is -1.03. The average Bonchev–Trinajstić information content (AvgIpc) is 2.66. The van der Waals surface area contributed by atoms with Crippen LogP contribution >= 0.6 is 0 Å². The number of fused-ring (bicyclic) bond motifs is 3. The highest BCUT2D eigenvalue weighted by molar-refractivity contribution is 6.62. The summed E-state index contributed by atoms with van der Waals surface area (Å²) in [7, 11) is 0. The molecule has 0 atom stereocenters. The Bertz CT molecular complexity index is 600. The summed E-state index contributed by atoms with van der Waals surface area (Å²) in [5.74, 6) is -1.77. The molecule has 0 radical (unpaired) electrons. The third kappa shape index (κ3) is 4.75. The molecule has 3 aliphatic rings. The van der Waals surface area contributed by atoms with Crippen molar-refractivity contribution in [3.05, 3.63) is 35.9 Å². The van der Waals surface area contributed by atoms with Crippen LogP contribution in [0.15, 0.2) is 30.3 Å². The van der Waals surface area contributed by atoms with E-state index in [0.29, 0.717) is 0 Å². The van der Waals surface area contributed by atoms with Crippen molar-refractivity contribution in [1.82, 2.24) is 0 Å². The molecule has 25 heavy (non-hydrogen) atoms. The summed E-state index contributed by atoms with van der Waals surface area (Å²) >= 11 is 0. The fourth-order valence-corrected chi connectivity index (χ4v) is 4.11. The molecule has 3 saturated carbocycles. The van der Waals surface area contributed by atoms with Gasteiger partial charge < -0.3 is 10.2 Å². The van der Waals surface area contributed by atoms with Crippen LogP contribution in [0.4, 0.5) is 0 Å². The standard InChI is InChI=1S/C20H24O4.H2O/c21-17(9-13-20-10-6-15(7-11-20)8-12-20)18(22)19(23)24-14-16-4-2-1-3-5-16;/h1-5,15H,6-14H2;1H2. The van der Waals surface area contributed by atoms with Crippen molar-refractivity contribution in [1.29, 1.82) is 0 Å². The van der Waals surface area contributed by atoms with Crippen LogP contribution in [0.25, 0.3) is 0 Å². The Balaban J connectivity index is 0.00000225. The maximum atomic E-state index is 12.1. The zero-order valence-electron chi connectivity index (χ0n) is 14.5. The van der Waals surface area contributed by atoms with Gasteiger partial charge in [-0.3, -0.25) is 9.59 Å². The fraction of sp³-hybridized carbons (Fsp3) is 0.550. The van der Waals surface area contributed by atoms with E-state index >= 15 is 0 Å². The molecule has 0 unspecified atom stereocenters. The molecule has 3 fully saturated rings. The van der Waals surface area contributed by atoms with E-state index in [1.165, 1.54) is 19.3 Å². The number of hydrogen-bond donors (Lipinski definition) is 0. The minimum absolute atomic E-state index is 0. The summed E-state index contributed by atoms with van der Waals surface area (Å²) in [5, 5.41) is 0. The van der Waals surface area contributed by atoms with Crippen LogP contribution in [0.5, 0.6) is 0 Å². The number of benzene rings is 1. The van der Waals surface area contributed by atoms with Crippen LogP contribution in [-0.4, -0.2) is 23.0 Å². The van der Waals surface area contributed by atoms with E-state index in [1.54, 1.807) is 12.1 Å². The molecule has 2 bridgehead atoms. The second kappa shape index (κ2) is 8.39. The first-order valence-electron chi connectivity index (χ1n) is 8.86. The normalized spacial score (nSPS) is 24.2. The molecular formula is C20H26O5. The Morgan fingerprint density at radius 3 is 2.20 bits per heavy atom. The van der Waals surface area contributed by atoms with Gasteiger partial charge in [-0.2, -0.15) is 0 Å². The minimum Gasteiger partial charge on any atom is -0.455 e. The molecule has 0 spiro atoms. The van der Waals surface area contributed by atoms with Crippen LogP contribution in [0.2, 0.25) is 0 Å². The highest BCUT2D eigenvalue weighted by Crippen LogP contribution is 2.52. The SMILES string of the molecule is O.O=C(CCC12CCC(CC1)CC2)C(=O)C(=O)OCc1ccccc1. The summed E-state index contributed by atoms with van der Waals surface area (Å²) in [6.07, 6.45) is 8.15. The van der Waals surface area contributed by atoms with Gasteiger partial charge in [-0.1, -0.05) is 30.3 Å². The Kier molecular flexibility index (Phi) is 6.48. The lowest BCUT2D eigenvalue weighted by Gasteiger charge is -2.46. The van der Waals surface area contributed by atoms with Crippen molar-refractivity contribution in [2.75, 3.05) is 0 Å². The molecular weight excluding hydrogens is 320 g/mol. The molecule has 1 aromatic carbocycles. The van der Waals surface area contributed by atoms with Crippen molar-refractivity contribution in [3.8, 4) is 0 Å². The molecule has 3 aliphatic carbocycles. The number of esters is 1. The molecule has 5 heteroatoms. The topological polar surface area (TPSA) is 91.9 Å². The van der Waals surface area contributed by atoms with Gasteiger partial charge in [0.1, 0.15) is 6.61 Å². The molecule has 5 nitrogen and oxygen atoms in total. The molecule has 0 aliphatic heterocycles. The molecule has 0 saturated heterocycles. The van der Waals surface area contributed by atoms with Gasteiger partial charge in [0.05, 0.1) is 0 Å². The molecule has 2 N–H and O–H groups in total. The summed E-state index contributed by atoms with van der Waals surface area (Å²) in [6.45, 7) is 0.0179. The van der Waals surface area contributed by atoms with Crippen molar-refractivity contribution >= 4 is 17.5 Å². The smallest absolute Gasteiger partial charge is 0.383 e. The average molecular weight is 346 g/mol. The summed E-state index contributed by atoms with van der Waals surface area (Å²) in [4.78, 5) is 35.7. The lowest BCUT2D eigenvalue weighted by molar-refractivity contribution is -0.157. The Morgan fingerprint density at radius 1 is 1.00 bits per heavy atom. The zero-order valence-corrected chi connectivity index (χ0v) is 14.5. The lowest BCUT2D eigenvalue weighted by Crippen LogP contribution is -2.35. The number of ether oxygens (including phenoxy) is 1. The fourth-order valence-electron chi connectivity index (χ4n) is 4.11. The van der Waals surface area contributed by atoms with Crippen molar-refractivity contribution < 1.29 is 24.6 Å². The predicted octanol–water partition coefficient (Wildman–Crippen LogP) is 2.79. The van der Waals surface area contributed by atoms with Gasteiger partial charge >= 0.3 is 11.8 Å². The summed E-state index contributed by atoms with van der Waals surface area (Å²) in [6, 6.07) is 9.12. The summed E-state index contributed by atoms with van der Waals surface area (Å²) in [5.41, 5.74) is 1.03. The van der Waals surface area contributed by atoms with Crippen LogP contribution in [-0.2, 0) is 25.7 Å². The van der Waals surface area contributed by atoms with Crippen molar-refractivity contribution in [3.63, 3.8) is 0 Å². The van der Waals surface area contributed by atoms with Crippen LogP contribution in [0.1, 0.15) is 56.9 Å². The second-order valence-corrected chi connectivity index (χ2v) is 7.30. The second-order valence-electron chi connectivity index (χ2n) is 7.30. The predicted molar refractivity (Wildman–Crippen MR) is 92.7 cm³/mol. The van der Waals surface area contributed by atoms with Crippen molar-refractivity contribution in [2.24, 2.45) is 11.3 Å².